The fourth-order valence-corrected chi connectivity index (χ4v) is 7.27. The molecule has 0 bridgehead atoms. The molecule has 0 aliphatic heterocycles. The van der Waals surface area contributed by atoms with Crippen molar-refractivity contribution < 1.29 is 13.4 Å². The van der Waals surface area contributed by atoms with Gasteiger partial charge in [-0.2, -0.15) is 4.98 Å². The third-order valence-corrected chi connectivity index (χ3v) is 11.0. The highest BCUT2D eigenvalue weighted by Crippen LogP contribution is 2.20. The van der Waals surface area contributed by atoms with E-state index in [1.807, 2.05) is 108 Å². The lowest BCUT2D eigenvalue weighted by atomic mass is 9.89. The van der Waals surface area contributed by atoms with Crippen LogP contribution in [-0.4, -0.2) is 63.3 Å². The topological polar surface area (TPSA) is 175 Å². The van der Waals surface area contributed by atoms with Gasteiger partial charge in [-0.25, -0.2) is 29.9 Å². The lowest BCUT2D eigenvalue weighted by Crippen LogP contribution is -2.09. The molecule has 0 radical (unpaired) electrons. The number of aromatic nitrogens is 13. The Hall–Kier alpha value is -6.45. The van der Waals surface area contributed by atoms with Gasteiger partial charge in [0.2, 0.25) is 5.89 Å². The predicted molar refractivity (Wildman–Crippen MR) is 331 cm³/mol. The summed E-state index contributed by atoms with van der Waals surface area (Å²) >= 11 is 0. The van der Waals surface area contributed by atoms with Crippen molar-refractivity contribution in [3.63, 3.8) is 0 Å². The van der Waals surface area contributed by atoms with E-state index in [1.165, 1.54) is 29.2 Å². The van der Waals surface area contributed by atoms with E-state index in [1.54, 1.807) is 18.7 Å². The van der Waals surface area contributed by atoms with Crippen LogP contribution < -0.4 is 0 Å². The molecule has 16 heteroatoms. The highest BCUT2D eigenvalue weighted by atomic mass is 16.5. The molecule has 452 valence electrons. The molecule has 81 heavy (non-hydrogen) atoms. The van der Waals surface area contributed by atoms with Gasteiger partial charge in [-0.3, -0.25) is 4.98 Å². The van der Waals surface area contributed by atoms with Gasteiger partial charge in [-0.1, -0.05) is 136 Å². The number of pyridine rings is 1. The van der Waals surface area contributed by atoms with Crippen molar-refractivity contribution in [1.29, 1.82) is 0 Å². The second-order valence-corrected chi connectivity index (χ2v) is 25.8. The first-order chi connectivity index (χ1) is 37.9. The molecule has 0 saturated carbocycles. The highest BCUT2D eigenvalue weighted by Gasteiger charge is 2.11. The summed E-state index contributed by atoms with van der Waals surface area (Å²) in [6.45, 7) is 44.4. The van der Waals surface area contributed by atoms with Gasteiger partial charge in [0.25, 0.3) is 0 Å². The molecule has 8 rings (SSSR count). The van der Waals surface area contributed by atoms with Gasteiger partial charge in [0.1, 0.15) is 18.4 Å². The molecular formula is C65H109N13O3. The zero-order valence-corrected chi connectivity index (χ0v) is 54.6. The second-order valence-electron chi connectivity index (χ2n) is 25.8. The molecular weight excluding hydrogens is 1010 g/mol. The van der Waals surface area contributed by atoms with Crippen LogP contribution in [0.1, 0.15) is 183 Å². The first-order valence-electron chi connectivity index (χ1n) is 29.2. The summed E-state index contributed by atoms with van der Waals surface area (Å²) in [5.41, 5.74) is 5.58. The highest BCUT2D eigenvalue weighted by molar-refractivity contribution is 5.10. The SMILES string of the molecule is CC(C)(C)CCn1ccnc1.CC(C)(C)Cc1cccnc1.CC(C)Cc1cn(C)cn1.CC(C)Cc1cncn1C.CC(C)Cc1nccn1C.CC(C)Cc1ncco1.Cc1coc(CC(C)C)n1.Cc1noc(CC(C)C)n1. The summed E-state index contributed by atoms with van der Waals surface area (Å²) in [5, 5.41) is 3.68. The monoisotopic (exact) mass is 1120 g/mol. The Morgan fingerprint density at radius 1 is 0.543 bits per heavy atom. The van der Waals surface area contributed by atoms with Crippen LogP contribution in [0.2, 0.25) is 0 Å². The Morgan fingerprint density at radius 3 is 1.59 bits per heavy atom. The maximum Gasteiger partial charge on any atom is 0.226 e. The zero-order valence-electron chi connectivity index (χ0n) is 54.6. The Morgan fingerprint density at radius 2 is 1.17 bits per heavy atom. The van der Waals surface area contributed by atoms with Crippen LogP contribution in [0.5, 0.6) is 0 Å². The van der Waals surface area contributed by atoms with Gasteiger partial charge in [0.15, 0.2) is 17.6 Å². The average Bonchev–Trinajstić information content (AvgIpc) is 4.23. The van der Waals surface area contributed by atoms with Crippen molar-refractivity contribution in [2.75, 3.05) is 0 Å². The lowest BCUT2D eigenvalue weighted by molar-refractivity contribution is 0.350. The predicted octanol–water partition coefficient (Wildman–Crippen LogP) is 15.5. The number of rotatable bonds is 15. The molecule has 0 aromatic carbocycles. The summed E-state index contributed by atoms with van der Waals surface area (Å²) in [6, 6.07) is 4.11. The molecule has 0 fully saturated rings. The number of hydrogen-bond donors (Lipinski definition) is 0. The van der Waals surface area contributed by atoms with Crippen LogP contribution >= 0.6 is 0 Å². The van der Waals surface area contributed by atoms with Gasteiger partial charge in [0.05, 0.1) is 36.6 Å². The van der Waals surface area contributed by atoms with Gasteiger partial charge in [0, 0.05) is 109 Å². The molecule has 0 aliphatic carbocycles. The smallest absolute Gasteiger partial charge is 0.226 e. The van der Waals surface area contributed by atoms with E-state index in [0.29, 0.717) is 40.4 Å². The molecule has 0 saturated heterocycles. The van der Waals surface area contributed by atoms with Gasteiger partial charge < -0.3 is 31.6 Å². The molecule has 0 atom stereocenters. The van der Waals surface area contributed by atoms with Crippen molar-refractivity contribution in [3.05, 3.63) is 151 Å². The van der Waals surface area contributed by atoms with Crippen LogP contribution in [0, 0.1) is 60.2 Å². The zero-order chi connectivity index (χ0) is 61.1. The molecule has 8 aromatic heterocycles. The van der Waals surface area contributed by atoms with Crippen LogP contribution in [0.15, 0.2) is 113 Å². The van der Waals surface area contributed by atoms with E-state index < -0.39 is 0 Å². The van der Waals surface area contributed by atoms with Crippen molar-refractivity contribution in [1.82, 2.24) is 63.3 Å². The first-order valence-corrected chi connectivity index (χ1v) is 29.2. The summed E-state index contributed by atoms with van der Waals surface area (Å²) in [7, 11) is 6.06. The fraction of sp³-hybridized carbons (Fsp3) is 0.615. The Labute approximate surface area is 489 Å². The number of hydrogen-bond acceptors (Lipinski definition) is 12. The number of aryl methyl sites for hydroxylation is 6. The van der Waals surface area contributed by atoms with Crippen LogP contribution in [0.4, 0.5) is 0 Å². The van der Waals surface area contributed by atoms with E-state index in [4.69, 9.17) is 13.4 Å². The van der Waals surface area contributed by atoms with Gasteiger partial charge >= 0.3 is 0 Å². The van der Waals surface area contributed by atoms with E-state index in [0.717, 1.165) is 86.6 Å². The minimum Gasteiger partial charge on any atom is -0.449 e. The average molecular weight is 1120 g/mol. The van der Waals surface area contributed by atoms with E-state index in [2.05, 4.69) is 196 Å². The summed E-state index contributed by atoms with van der Waals surface area (Å²) in [5.74, 6) is 8.28. The van der Waals surface area contributed by atoms with Crippen molar-refractivity contribution >= 4 is 0 Å². The number of nitrogens with zero attached hydrogens (tertiary/aromatic N) is 13. The van der Waals surface area contributed by atoms with Crippen molar-refractivity contribution in [2.45, 2.75) is 196 Å². The quantitative estimate of drug-likeness (QED) is 0.0951. The van der Waals surface area contributed by atoms with Gasteiger partial charge in [-0.05, 0) is 97.5 Å². The van der Waals surface area contributed by atoms with Crippen molar-refractivity contribution in [2.24, 2.45) is 67.5 Å². The van der Waals surface area contributed by atoms with Gasteiger partial charge in [-0.15, -0.1) is 0 Å². The minimum atomic E-state index is 0.364. The molecule has 8 heterocycles. The Bertz CT molecular complexity index is 2530. The molecule has 0 N–H and O–H groups in total. The third kappa shape index (κ3) is 39.6. The van der Waals surface area contributed by atoms with Crippen LogP contribution in [-0.2, 0) is 72.6 Å². The van der Waals surface area contributed by atoms with Crippen LogP contribution in [0.3, 0.4) is 0 Å². The molecule has 8 aromatic rings. The van der Waals surface area contributed by atoms with Crippen molar-refractivity contribution in [3.8, 4) is 0 Å². The largest absolute Gasteiger partial charge is 0.449 e. The van der Waals surface area contributed by atoms with Crippen LogP contribution in [0.25, 0.3) is 0 Å². The van der Waals surface area contributed by atoms with E-state index >= 15 is 0 Å². The number of imidazole rings is 4. The molecule has 0 spiro atoms. The first kappa shape index (κ1) is 72.6. The van der Waals surface area contributed by atoms with E-state index in [-0.39, 0.29) is 0 Å². The Kier molecular flexibility index (Phi) is 35.0. The lowest BCUT2D eigenvalue weighted by Gasteiger charge is -2.17. The molecule has 16 nitrogen and oxygen atoms in total. The van der Waals surface area contributed by atoms with E-state index in [9.17, 15) is 0 Å². The fourth-order valence-electron chi connectivity index (χ4n) is 7.27. The standard InChI is InChI=1S/C10H15N.C9H16N2.3C8H14N2.C8H13NO.C7H12N2O.C7H11NO/c1-10(2,3)7-9-5-4-6-11-8-9;1-9(2,3)4-6-11-7-5-10-8-11;1-7(2)4-8-5-10(3)6-9-8;1-7(2)4-8-5-9-6-10(8)3;1-7(2)6-8-9-4-5-10(8)3;1-6(2)4-8-9-7(3)5-10-8;1-5(2)4-7-8-6(3)9-10-7;1-6(2)5-7-8-3-4-9-7/h4-6,8H,7H2,1-3H3;5,7-8H,4,6H2,1-3H3;2*5-7H,4H2,1-3H3;4-5,7H,6H2,1-3H3;5-6H,4H2,1-3H3;5H,4H2,1-3H3;3-4,6H,5H2,1-2H3. The normalized spacial score (nSPS) is 11.0. The summed E-state index contributed by atoms with van der Waals surface area (Å²) < 4.78 is 23.4. The third-order valence-electron chi connectivity index (χ3n) is 11.0. The molecule has 0 unspecified atom stereocenters. The number of oxazole rings is 2. The molecule has 0 amide bonds. The maximum atomic E-state index is 5.16. The Balaban J connectivity index is 0.000000463. The maximum absolute atomic E-state index is 5.16. The summed E-state index contributed by atoms with van der Waals surface area (Å²) in [6.07, 6.45) is 34.3. The second kappa shape index (κ2) is 39.1. The minimum absolute atomic E-state index is 0.364. The summed E-state index contributed by atoms with van der Waals surface area (Å²) in [4.78, 5) is 32.8. The molecule has 0 aliphatic rings.